The van der Waals surface area contributed by atoms with Crippen LogP contribution in [-0.2, 0) is 5.41 Å². The summed E-state index contributed by atoms with van der Waals surface area (Å²) in [5.41, 5.74) is 3.55. The van der Waals surface area contributed by atoms with Crippen molar-refractivity contribution in [2.75, 3.05) is 6.61 Å². The first-order valence-electron chi connectivity index (χ1n) is 8.36. The lowest BCUT2D eigenvalue weighted by molar-refractivity contribution is 0.309. The maximum Gasteiger partial charge on any atom is 0.119 e. The van der Waals surface area contributed by atoms with Crippen LogP contribution in [0.15, 0.2) is 53.5 Å². The largest absolute Gasteiger partial charge is 0.494 e. The van der Waals surface area contributed by atoms with Crippen LogP contribution in [0.5, 0.6) is 5.75 Å². The Morgan fingerprint density at radius 1 is 0.957 bits per heavy atom. The minimum Gasteiger partial charge on any atom is -0.494 e. The van der Waals surface area contributed by atoms with Crippen molar-refractivity contribution >= 4 is 11.9 Å². The Morgan fingerprint density at radius 2 is 1.61 bits per heavy atom. The van der Waals surface area contributed by atoms with Crippen LogP contribution in [0, 0.1) is 0 Å². The molecule has 23 heavy (non-hydrogen) atoms. The average Bonchev–Trinajstić information content (AvgIpc) is 2.54. The predicted octanol–water partition coefficient (Wildman–Crippen LogP) is 5.91. The highest BCUT2D eigenvalue weighted by molar-refractivity contribution is 5.82. The molecule has 0 radical (unpaired) electrons. The second-order valence-electron chi connectivity index (χ2n) is 6.83. The van der Waals surface area contributed by atoms with Gasteiger partial charge in [0.15, 0.2) is 0 Å². The van der Waals surface area contributed by atoms with Crippen molar-refractivity contribution in [1.82, 2.24) is 0 Å². The smallest absolute Gasteiger partial charge is 0.119 e. The van der Waals surface area contributed by atoms with Crippen molar-refractivity contribution in [2.24, 2.45) is 4.99 Å². The first-order chi connectivity index (χ1) is 11.0. The van der Waals surface area contributed by atoms with Crippen LogP contribution >= 0.6 is 0 Å². The minimum atomic E-state index is 0.176. The van der Waals surface area contributed by atoms with E-state index in [1.54, 1.807) is 0 Å². The van der Waals surface area contributed by atoms with Gasteiger partial charge >= 0.3 is 0 Å². The molecule has 0 aliphatic heterocycles. The van der Waals surface area contributed by atoms with Crippen LogP contribution in [0.25, 0.3) is 0 Å². The number of rotatable bonds is 6. The molecule has 0 spiro atoms. The van der Waals surface area contributed by atoms with Gasteiger partial charge in [-0.25, -0.2) is 0 Å². The van der Waals surface area contributed by atoms with Gasteiger partial charge in [-0.1, -0.05) is 46.2 Å². The summed E-state index contributed by atoms with van der Waals surface area (Å²) in [5.74, 6) is 0.921. The van der Waals surface area contributed by atoms with Gasteiger partial charge in [0.2, 0.25) is 0 Å². The second-order valence-corrected chi connectivity index (χ2v) is 6.83. The van der Waals surface area contributed by atoms with E-state index in [0.29, 0.717) is 0 Å². The van der Waals surface area contributed by atoms with Crippen LogP contribution in [0.4, 0.5) is 5.69 Å². The molecule has 0 amide bonds. The molecule has 0 aromatic heterocycles. The molecular formula is C21H27NO. The molecule has 2 rings (SSSR count). The number of nitrogens with zero attached hydrogens (tertiary/aromatic N) is 1. The van der Waals surface area contributed by atoms with Crippen LogP contribution in [0.3, 0.4) is 0 Å². The van der Waals surface area contributed by atoms with Crippen LogP contribution in [0.2, 0.25) is 0 Å². The molecule has 0 aliphatic rings. The lowest BCUT2D eigenvalue weighted by Crippen LogP contribution is -2.10. The van der Waals surface area contributed by atoms with Gasteiger partial charge in [-0.15, -0.1) is 0 Å². The summed E-state index contributed by atoms with van der Waals surface area (Å²) in [6, 6.07) is 16.5. The van der Waals surface area contributed by atoms with Gasteiger partial charge in [0.1, 0.15) is 5.75 Å². The zero-order valence-corrected chi connectivity index (χ0v) is 14.7. The summed E-state index contributed by atoms with van der Waals surface area (Å²) >= 11 is 0. The molecule has 2 nitrogen and oxygen atoms in total. The van der Waals surface area contributed by atoms with Gasteiger partial charge in [0.05, 0.1) is 12.3 Å². The van der Waals surface area contributed by atoms with Crippen molar-refractivity contribution in [3.05, 3.63) is 59.7 Å². The first kappa shape index (κ1) is 17.3. The lowest BCUT2D eigenvalue weighted by atomic mass is 9.87. The number of unbranched alkanes of at least 4 members (excludes halogenated alkanes) is 1. The molecule has 0 saturated heterocycles. The maximum absolute atomic E-state index is 5.66. The highest BCUT2D eigenvalue weighted by Crippen LogP contribution is 2.24. The Kier molecular flexibility index (Phi) is 5.97. The molecule has 2 aromatic carbocycles. The van der Waals surface area contributed by atoms with Gasteiger partial charge in [-0.05, 0) is 59.4 Å². The molecular weight excluding hydrogens is 282 g/mol. The van der Waals surface area contributed by atoms with E-state index in [2.05, 4.69) is 57.0 Å². The molecule has 0 fully saturated rings. The number of ether oxygens (including phenoxy) is 1. The predicted molar refractivity (Wildman–Crippen MR) is 99.2 cm³/mol. The molecule has 0 atom stereocenters. The van der Waals surface area contributed by atoms with E-state index in [1.165, 1.54) is 5.56 Å². The van der Waals surface area contributed by atoms with Crippen molar-refractivity contribution in [1.29, 1.82) is 0 Å². The van der Waals surface area contributed by atoms with Crippen LogP contribution in [0.1, 0.15) is 51.7 Å². The maximum atomic E-state index is 5.66. The number of hydrogen-bond donors (Lipinski definition) is 0. The van der Waals surface area contributed by atoms with E-state index in [9.17, 15) is 0 Å². The quantitative estimate of drug-likeness (QED) is 0.480. The van der Waals surface area contributed by atoms with E-state index in [1.807, 2.05) is 30.5 Å². The third-order valence-corrected chi connectivity index (χ3v) is 3.74. The molecule has 2 heteroatoms. The van der Waals surface area contributed by atoms with Gasteiger partial charge in [-0.3, -0.25) is 4.99 Å². The third-order valence-electron chi connectivity index (χ3n) is 3.74. The lowest BCUT2D eigenvalue weighted by Gasteiger charge is -2.18. The molecule has 0 aliphatic carbocycles. The average molecular weight is 309 g/mol. The minimum absolute atomic E-state index is 0.176. The number of aliphatic imine (C=N–C) groups is 1. The summed E-state index contributed by atoms with van der Waals surface area (Å²) in [6.07, 6.45) is 4.13. The van der Waals surface area contributed by atoms with E-state index in [0.717, 1.165) is 36.4 Å². The van der Waals surface area contributed by atoms with Crippen molar-refractivity contribution in [2.45, 2.75) is 46.0 Å². The van der Waals surface area contributed by atoms with E-state index in [-0.39, 0.29) is 5.41 Å². The fourth-order valence-corrected chi connectivity index (χ4v) is 2.18. The highest BCUT2D eigenvalue weighted by atomic mass is 16.5. The molecule has 122 valence electrons. The first-order valence-corrected chi connectivity index (χ1v) is 8.36. The van der Waals surface area contributed by atoms with Gasteiger partial charge in [-0.2, -0.15) is 0 Å². The monoisotopic (exact) mass is 309 g/mol. The van der Waals surface area contributed by atoms with Crippen LogP contribution < -0.4 is 4.74 Å². The molecule has 0 saturated carbocycles. The normalized spacial score (nSPS) is 11.8. The standard InChI is InChI=1S/C21H27NO/c1-5-6-15-23-20-13-7-17(8-14-20)16-22-19-11-9-18(10-12-19)21(2,3)4/h7-14,16H,5-6,15H2,1-4H3. The molecule has 0 N–H and O–H groups in total. The van der Waals surface area contributed by atoms with Crippen molar-refractivity contribution in [3.63, 3.8) is 0 Å². The molecule has 0 heterocycles. The summed E-state index contributed by atoms with van der Waals surface area (Å²) in [5, 5.41) is 0. The summed E-state index contributed by atoms with van der Waals surface area (Å²) < 4.78 is 5.66. The third kappa shape index (κ3) is 5.55. The summed E-state index contributed by atoms with van der Waals surface area (Å²) in [7, 11) is 0. The topological polar surface area (TPSA) is 21.6 Å². The molecule has 0 bridgehead atoms. The Hall–Kier alpha value is -2.09. The zero-order valence-electron chi connectivity index (χ0n) is 14.7. The van der Waals surface area contributed by atoms with Crippen molar-refractivity contribution in [3.8, 4) is 5.75 Å². The fraction of sp³-hybridized carbons (Fsp3) is 0.381. The van der Waals surface area contributed by atoms with Crippen molar-refractivity contribution < 1.29 is 4.74 Å². The molecule has 0 unspecified atom stereocenters. The SMILES string of the molecule is CCCCOc1ccc(C=Nc2ccc(C(C)(C)C)cc2)cc1. The van der Waals surface area contributed by atoms with Gasteiger partial charge < -0.3 is 4.74 Å². The Morgan fingerprint density at radius 3 is 2.17 bits per heavy atom. The summed E-state index contributed by atoms with van der Waals surface area (Å²) in [6.45, 7) is 9.60. The number of hydrogen-bond acceptors (Lipinski definition) is 2. The Bertz CT molecular complexity index is 618. The van der Waals surface area contributed by atoms with E-state index >= 15 is 0 Å². The van der Waals surface area contributed by atoms with Crippen LogP contribution in [-0.4, -0.2) is 12.8 Å². The van der Waals surface area contributed by atoms with Gasteiger partial charge in [0.25, 0.3) is 0 Å². The Labute approximate surface area is 140 Å². The van der Waals surface area contributed by atoms with Gasteiger partial charge in [0, 0.05) is 6.21 Å². The summed E-state index contributed by atoms with van der Waals surface area (Å²) in [4.78, 5) is 4.54. The van der Waals surface area contributed by atoms with E-state index in [4.69, 9.17) is 4.74 Å². The number of benzene rings is 2. The second kappa shape index (κ2) is 7.96. The van der Waals surface area contributed by atoms with E-state index < -0.39 is 0 Å². The zero-order chi connectivity index (χ0) is 16.7. The highest BCUT2D eigenvalue weighted by Gasteiger charge is 2.12. The Balaban J connectivity index is 1.97. The fourth-order valence-electron chi connectivity index (χ4n) is 2.18. The molecule has 2 aromatic rings.